The van der Waals surface area contributed by atoms with Crippen molar-refractivity contribution >= 4 is 41.6 Å². The number of anilines is 1. The highest BCUT2D eigenvalue weighted by Gasteiger charge is 2.58. The highest BCUT2D eigenvalue weighted by Crippen LogP contribution is 2.54. The molecule has 3 aliphatic rings. The Balaban J connectivity index is 1.88. The average Bonchev–Trinajstić information content (AvgIpc) is 2.67. The molecule has 3 N–H and O–H groups in total. The first-order chi connectivity index (χ1) is 11.7. The second kappa shape index (κ2) is 5.30. The van der Waals surface area contributed by atoms with Crippen molar-refractivity contribution in [2.45, 2.75) is 37.5 Å². The number of likely N-dealkylation sites (N-methyl/N-ethyl adjacent to an activating group) is 1. The lowest BCUT2D eigenvalue weighted by Gasteiger charge is -2.47. The molecule has 2 atom stereocenters. The Labute approximate surface area is 163 Å². The van der Waals surface area contributed by atoms with Crippen LogP contribution >= 0.6 is 22.6 Å². The van der Waals surface area contributed by atoms with Gasteiger partial charge in [0.15, 0.2) is 0 Å². The van der Waals surface area contributed by atoms with E-state index in [2.05, 4.69) is 53.5 Å². The molecule has 1 aromatic carbocycles. The molecule has 25 heavy (non-hydrogen) atoms. The van der Waals surface area contributed by atoms with Gasteiger partial charge < -0.3 is 20.5 Å². The minimum atomic E-state index is -0.703. The lowest BCUT2D eigenvalue weighted by Crippen LogP contribution is -2.57. The first-order valence-corrected chi connectivity index (χ1v) is 9.36. The molecule has 0 saturated carbocycles. The smallest absolute Gasteiger partial charge is 0.211 e. The second-order valence-corrected chi connectivity index (χ2v) is 8.72. The molecule has 2 radical (unpaired) electrons. The molecule has 6 heteroatoms. The van der Waals surface area contributed by atoms with Gasteiger partial charge in [-0.3, -0.25) is 0 Å². The minimum Gasteiger partial charge on any atom is -0.512 e. The van der Waals surface area contributed by atoms with Gasteiger partial charge in [-0.05, 0) is 66.3 Å². The Morgan fingerprint density at radius 2 is 2.12 bits per heavy atom. The van der Waals surface area contributed by atoms with Crippen LogP contribution in [0.1, 0.15) is 25.8 Å². The molecule has 2 unspecified atom stereocenters. The fourth-order valence-corrected chi connectivity index (χ4v) is 4.92. The molecule has 2 heterocycles. The van der Waals surface area contributed by atoms with Crippen molar-refractivity contribution in [3.63, 3.8) is 0 Å². The van der Waals surface area contributed by atoms with Crippen LogP contribution in [0.4, 0.5) is 5.69 Å². The third-order valence-electron chi connectivity index (χ3n) is 5.63. The van der Waals surface area contributed by atoms with Crippen LogP contribution < -0.4 is 16.1 Å². The van der Waals surface area contributed by atoms with Crippen LogP contribution in [0.25, 0.3) is 0 Å². The van der Waals surface area contributed by atoms with E-state index in [0.29, 0.717) is 6.42 Å². The number of nitrogens with zero attached hydrogens (tertiary/aromatic N) is 1. The highest BCUT2D eigenvalue weighted by molar-refractivity contribution is 14.1. The topological polar surface area (TPSA) is 58.7 Å². The number of fused-ring (bicyclic) bond motifs is 1. The van der Waals surface area contributed by atoms with Crippen LogP contribution in [-0.4, -0.2) is 31.8 Å². The molecular formula is C19H20BIN2O2. The summed E-state index contributed by atoms with van der Waals surface area (Å²) in [5.74, 6) is 1.01. The zero-order valence-corrected chi connectivity index (χ0v) is 16.7. The van der Waals surface area contributed by atoms with E-state index in [1.54, 1.807) is 6.08 Å². The Bertz CT molecular complexity index is 874. The summed E-state index contributed by atoms with van der Waals surface area (Å²) < 4.78 is 7.69. The molecule has 0 aromatic heterocycles. The van der Waals surface area contributed by atoms with Gasteiger partial charge in [-0.15, -0.1) is 0 Å². The quantitative estimate of drug-likeness (QED) is 0.476. The van der Waals surface area contributed by atoms with Crippen molar-refractivity contribution in [2.24, 2.45) is 5.73 Å². The van der Waals surface area contributed by atoms with Crippen molar-refractivity contribution in [3.8, 4) is 0 Å². The van der Waals surface area contributed by atoms with E-state index in [0.717, 1.165) is 31.6 Å². The predicted octanol–water partition coefficient (Wildman–Crippen LogP) is 2.52. The standard InChI is InChI=1S/C19H20BIN2O2/c1-18(2)13-7-11(21)8-14(20)16(13)23(3)19(18)5-4-10-6-12(24)9-15(22)17(10)25-19/h4-8,15,24H,9,22H2,1-3H3. The van der Waals surface area contributed by atoms with E-state index in [4.69, 9.17) is 18.3 Å². The summed E-state index contributed by atoms with van der Waals surface area (Å²) in [6.45, 7) is 4.34. The first kappa shape index (κ1) is 17.0. The van der Waals surface area contributed by atoms with E-state index in [1.807, 2.05) is 19.2 Å². The van der Waals surface area contributed by atoms with Gasteiger partial charge in [0, 0.05) is 28.3 Å². The van der Waals surface area contributed by atoms with Crippen molar-refractivity contribution in [3.05, 3.63) is 56.6 Å². The van der Waals surface area contributed by atoms with Crippen LogP contribution in [0, 0.1) is 3.57 Å². The molecular weight excluding hydrogens is 426 g/mol. The number of allylic oxidation sites excluding steroid dienone is 3. The average molecular weight is 446 g/mol. The number of benzene rings is 1. The normalized spacial score (nSPS) is 29.4. The second-order valence-electron chi connectivity index (χ2n) is 7.47. The maximum Gasteiger partial charge on any atom is 0.211 e. The van der Waals surface area contributed by atoms with Crippen molar-refractivity contribution in [1.82, 2.24) is 0 Å². The van der Waals surface area contributed by atoms with Gasteiger partial charge in [0.1, 0.15) is 13.6 Å². The van der Waals surface area contributed by atoms with Gasteiger partial charge in [-0.1, -0.05) is 11.5 Å². The van der Waals surface area contributed by atoms with Crippen LogP contribution in [-0.2, 0) is 10.2 Å². The van der Waals surface area contributed by atoms with Crippen molar-refractivity contribution in [2.75, 3.05) is 11.9 Å². The fourth-order valence-electron chi connectivity index (χ4n) is 4.28. The van der Waals surface area contributed by atoms with Gasteiger partial charge in [0.2, 0.25) is 5.72 Å². The summed E-state index contributed by atoms with van der Waals surface area (Å²) in [5.41, 5.74) is 8.98. The Morgan fingerprint density at radius 1 is 1.40 bits per heavy atom. The van der Waals surface area contributed by atoms with Gasteiger partial charge in [0.25, 0.3) is 0 Å². The Kier molecular flexibility index (Phi) is 3.61. The molecule has 0 amide bonds. The molecule has 1 spiro atoms. The van der Waals surface area contributed by atoms with Crippen molar-refractivity contribution < 1.29 is 9.84 Å². The summed E-state index contributed by atoms with van der Waals surface area (Å²) in [5, 5.41) is 9.87. The highest BCUT2D eigenvalue weighted by atomic mass is 127. The van der Waals surface area contributed by atoms with Crippen LogP contribution in [0.2, 0.25) is 0 Å². The lowest BCUT2D eigenvalue weighted by molar-refractivity contribution is -0.0146. The zero-order chi connectivity index (χ0) is 18.1. The molecule has 1 aliphatic carbocycles. The maximum absolute atomic E-state index is 9.87. The van der Waals surface area contributed by atoms with Gasteiger partial charge >= 0.3 is 0 Å². The minimum absolute atomic E-state index is 0.288. The summed E-state index contributed by atoms with van der Waals surface area (Å²) in [7, 11) is 8.35. The van der Waals surface area contributed by atoms with E-state index >= 15 is 0 Å². The monoisotopic (exact) mass is 446 g/mol. The number of nitrogens with two attached hydrogens (primary N) is 1. The van der Waals surface area contributed by atoms with E-state index < -0.39 is 5.72 Å². The molecule has 1 aromatic rings. The number of hydrogen-bond donors (Lipinski definition) is 2. The predicted molar refractivity (Wildman–Crippen MR) is 109 cm³/mol. The number of ether oxygens (including phenoxy) is 1. The lowest BCUT2D eigenvalue weighted by atomic mass is 9.75. The van der Waals surface area contributed by atoms with Crippen LogP contribution in [0.15, 0.2) is 47.5 Å². The van der Waals surface area contributed by atoms with Crippen molar-refractivity contribution in [1.29, 1.82) is 0 Å². The molecule has 4 nitrogen and oxygen atoms in total. The summed E-state index contributed by atoms with van der Waals surface area (Å²) in [6.07, 6.45) is 6.17. The number of halogens is 1. The van der Waals surface area contributed by atoms with Gasteiger partial charge in [0.05, 0.1) is 17.2 Å². The van der Waals surface area contributed by atoms with Gasteiger partial charge in [-0.25, -0.2) is 0 Å². The molecule has 0 fully saturated rings. The maximum atomic E-state index is 9.87. The number of hydrogen-bond acceptors (Lipinski definition) is 4. The van der Waals surface area contributed by atoms with Crippen LogP contribution in [0.3, 0.4) is 0 Å². The number of rotatable bonds is 0. The largest absolute Gasteiger partial charge is 0.512 e. The molecule has 0 bridgehead atoms. The summed E-state index contributed by atoms with van der Waals surface area (Å²) in [4.78, 5) is 2.11. The molecule has 128 valence electrons. The molecule has 0 saturated heterocycles. The Hall–Kier alpha value is -1.41. The van der Waals surface area contributed by atoms with Gasteiger partial charge in [-0.2, -0.15) is 0 Å². The summed E-state index contributed by atoms with van der Waals surface area (Å²) in [6, 6.07) is 3.80. The zero-order valence-electron chi connectivity index (χ0n) is 14.5. The first-order valence-electron chi connectivity index (χ1n) is 8.28. The fraction of sp³-hybridized carbons (Fsp3) is 0.368. The van der Waals surface area contributed by atoms with E-state index in [9.17, 15) is 5.11 Å². The summed E-state index contributed by atoms with van der Waals surface area (Å²) >= 11 is 2.29. The Morgan fingerprint density at radius 3 is 2.84 bits per heavy atom. The van der Waals surface area contributed by atoms with E-state index in [1.165, 1.54) is 0 Å². The van der Waals surface area contributed by atoms with Crippen LogP contribution in [0.5, 0.6) is 0 Å². The third kappa shape index (κ3) is 2.16. The third-order valence-corrected chi connectivity index (χ3v) is 6.26. The van der Waals surface area contributed by atoms with E-state index in [-0.39, 0.29) is 17.2 Å². The number of aliphatic hydroxyl groups excluding tert-OH is 1. The SMILES string of the molecule is [B]c1cc(I)cc2c1N(C)C1(C=CC3=C(O1)C(N)CC(O)=C3)C2(C)C. The molecule has 4 rings (SSSR count). The molecule has 2 aliphatic heterocycles. The number of aliphatic hydroxyl groups is 1.